The summed E-state index contributed by atoms with van der Waals surface area (Å²) < 4.78 is 2.86. The summed E-state index contributed by atoms with van der Waals surface area (Å²) in [6.07, 6.45) is 1.74. The molecule has 0 aromatic carbocycles. The second-order valence-electron chi connectivity index (χ2n) is 2.00. The molecular weight excluding hydrogens is 158 g/mol. The number of hydrogen-bond acceptors (Lipinski definition) is 3. The van der Waals surface area contributed by atoms with E-state index in [2.05, 4.69) is 4.72 Å². The van der Waals surface area contributed by atoms with Crippen molar-refractivity contribution in [2.24, 2.45) is 0 Å². The molecule has 0 radical (unpaired) electrons. The van der Waals surface area contributed by atoms with E-state index in [9.17, 15) is 4.79 Å². The summed E-state index contributed by atoms with van der Waals surface area (Å²) in [5, 5.41) is 1.43. The van der Waals surface area contributed by atoms with Crippen LogP contribution in [-0.2, 0) is 4.79 Å². The molecule has 0 saturated heterocycles. The van der Waals surface area contributed by atoms with Crippen molar-refractivity contribution in [1.82, 2.24) is 4.72 Å². The molecule has 1 rings (SSSR count). The van der Waals surface area contributed by atoms with Gasteiger partial charge in [0.2, 0.25) is 5.24 Å². The Hall–Kier alpha value is 0.01000. The Labute approximate surface area is 62.8 Å². The van der Waals surface area contributed by atoms with Crippen LogP contribution in [0.15, 0.2) is 11.5 Å². The first kappa shape index (κ1) is 7.12. The first-order chi connectivity index (χ1) is 4.15. The highest BCUT2D eigenvalue weighted by Gasteiger charge is 2.30. The fourth-order valence-electron chi connectivity index (χ4n) is 0.466. The van der Waals surface area contributed by atoms with Crippen molar-refractivity contribution in [2.45, 2.75) is 12.5 Å². The van der Waals surface area contributed by atoms with Crippen LogP contribution in [0.5, 0.6) is 0 Å². The molecule has 1 aliphatic heterocycles. The average molecular weight is 164 g/mol. The molecule has 1 aliphatic rings. The highest BCUT2D eigenvalue weighted by atomic mass is 35.5. The zero-order chi connectivity index (χ0) is 6.91. The van der Waals surface area contributed by atoms with E-state index in [1.807, 2.05) is 0 Å². The van der Waals surface area contributed by atoms with E-state index >= 15 is 0 Å². The van der Waals surface area contributed by atoms with Crippen LogP contribution in [0.1, 0.15) is 6.92 Å². The molecule has 0 spiro atoms. The third-order valence-corrected chi connectivity index (χ3v) is 2.36. The summed E-state index contributed by atoms with van der Waals surface area (Å²) in [7, 11) is 0. The van der Waals surface area contributed by atoms with Crippen molar-refractivity contribution in [2.75, 3.05) is 0 Å². The minimum Gasteiger partial charge on any atom is -0.279 e. The smallest absolute Gasteiger partial charge is 0.246 e. The first-order valence-electron chi connectivity index (χ1n) is 2.45. The maximum atomic E-state index is 10.6. The molecule has 1 N–H and O–H groups in total. The lowest BCUT2D eigenvalue weighted by molar-refractivity contribution is -0.114. The van der Waals surface area contributed by atoms with Gasteiger partial charge in [0.15, 0.2) is 0 Å². The van der Waals surface area contributed by atoms with Gasteiger partial charge in [0.25, 0.3) is 0 Å². The van der Waals surface area contributed by atoms with Crippen molar-refractivity contribution in [3.8, 4) is 0 Å². The number of carbonyl (C=O) groups excluding carboxylic acids is 1. The van der Waals surface area contributed by atoms with Gasteiger partial charge < -0.3 is 0 Å². The number of rotatable bonds is 1. The van der Waals surface area contributed by atoms with Crippen LogP contribution < -0.4 is 4.72 Å². The van der Waals surface area contributed by atoms with Crippen LogP contribution >= 0.6 is 23.5 Å². The largest absolute Gasteiger partial charge is 0.279 e. The predicted molar refractivity (Wildman–Crippen MR) is 39.1 cm³/mol. The van der Waals surface area contributed by atoms with Crippen LogP contribution in [0.25, 0.3) is 0 Å². The minimum absolute atomic E-state index is 0.372. The van der Waals surface area contributed by atoms with E-state index < -0.39 is 5.54 Å². The second kappa shape index (κ2) is 2.33. The molecule has 1 atom stereocenters. The topological polar surface area (TPSA) is 29.1 Å². The van der Waals surface area contributed by atoms with Gasteiger partial charge in [-0.05, 0) is 30.0 Å². The Kier molecular flexibility index (Phi) is 1.84. The van der Waals surface area contributed by atoms with E-state index in [4.69, 9.17) is 11.6 Å². The molecule has 2 nitrogen and oxygen atoms in total. The SMILES string of the molecule is CC1(C(=O)Cl)C=CSN1. The van der Waals surface area contributed by atoms with Gasteiger partial charge in [0, 0.05) is 0 Å². The van der Waals surface area contributed by atoms with Crippen LogP contribution in [0.2, 0.25) is 0 Å². The number of carbonyl (C=O) groups is 1. The van der Waals surface area contributed by atoms with Gasteiger partial charge in [-0.3, -0.25) is 4.79 Å². The van der Waals surface area contributed by atoms with E-state index in [1.54, 1.807) is 18.4 Å². The fourth-order valence-corrected chi connectivity index (χ4v) is 1.45. The molecular formula is C5H6ClNOS. The van der Waals surface area contributed by atoms with Gasteiger partial charge in [-0.15, -0.1) is 0 Å². The van der Waals surface area contributed by atoms with Crippen molar-refractivity contribution >= 4 is 28.8 Å². The van der Waals surface area contributed by atoms with Crippen LogP contribution in [0.3, 0.4) is 0 Å². The number of halogens is 1. The van der Waals surface area contributed by atoms with E-state index in [0.29, 0.717) is 0 Å². The second-order valence-corrected chi connectivity index (χ2v) is 3.05. The van der Waals surface area contributed by atoms with Gasteiger partial charge in [-0.2, -0.15) is 0 Å². The summed E-state index contributed by atoms with van der Waals surface area (Å²) in [6, 6.07) is 0. The first-order valence-corrected chi connectivity index (χ1v) is 3.71. The monoisotopic (exact) mass is 163 g/mol. The quantitative estimate of drug-likeness (QED) is 0.467. The summed E-state index contributed by atoms with van der Waals surface area (Å²) >= 11 is 6.63. The summed E-state index contributed by atoms with van der Waals surface area (Å²) in [6.45, 7) is 1.73. The Morgan fingerprint density at radius 1 is 1.89 bits per heavy atom. The van der Waals surface area contributed by atoms with Crippen LogP contribution in [-0.4, -0.2) is 10.8 Å². The number of hydrogen-bond donors (Lipinski definition) is 1. The Bertz CT molecular complexity index is 170. The molecule has 1 unspecified atom stereocenters. The standard InChI is InChI=1S/C5H6ClNOS/c1-5(4(6)8)2-3-9-7-5/h2-3,7H,1H3. The molecule has 0 bridgehead atoms. The molecule has 0 fully saturated rings. The lowest BCUT2D eigenvalue weighted by Crippen LogP contribution is -2.38. The van der Waals surface area contributed by atoms with Gasteiger partial charge in [-0.25, -0.2) is 4.72 Å². The Balaban J connectivity index is 2.74. The van der Waals surface area contributed by atoms with Crippen LogP contribution in [0.4, 0.5) is 0 Å². The molecule has 0 aliphatic carbocycles. The summed E-state index contributed by atoms with van der Waals surface area (Å²) in [5.41, 5.74) is -0.647. The Morgan fingerprint density at radius 3 is 2.78 bits per heavy atom. The molecule has 0 saturated carbocycles. The Morgan fingerprint density at radius 2 is 2.56 bits per heavy atom. The van der Waals surface area contributed by atoms with Gasteiger partial charge in [0.05, 0.1) is 0 Å². The molecule has 1 heterocycles. The molecule has 9 heavy (non-hydrogen) atoms. The van der Waals surface area contributed by atoms with Crippen molar-refractivity contribution in [3.63, 3.8) is 0 Å². The zero-order valence-corrected chi connectivity index (χ0v) is 6.42. The average Bonchev–Trinajstić information content (AvgIpc) is 2.16. The van der Waals surface area contributed by atoms with Crippen molar-refractivity contribution < 1.29 is 4.79 Å². The van der Waals surface area contributed by atoms with E-state index in [1.165, 1.54) is 11.9 Å². The minimum atomic E-state index is -0.647. The highest BCUT2D eigenvalue weighted by molar-refractivity contribution is 8.00. The van der Waals surface area contributed by atoms with E-state index in [-0.39, 0.29) is 5.24 Å². The molecule has 4 heteroatoms. The third kappa shape index (κ3) is 1.28. The number of nitrogens with one attached hydrogen (secondary N) is 1. The molecule has 50 valence electrons. The highest BCUT2D eigenvalue weighted by Crippen LogP contribution is 2.22. The lowest BCUT2D eigenvalue weighted by Gasteiger charge is -2.14. The third-order valence-electron chi connectivity index (χ3n) is 1.15. The van der Waals surface area contributed by atoms with Crippen LogP contribution in [0, 0.1) is 0 Å². The maximum absolute atomic E-state index is 10.6. The summed E-state index contributed by atoms with van der Waals surface area (Å²) in [4.78, 5) is 10.6. The fraction of sp³-hybridized carbons (Fsp3) is 0.400. The van der Waals surface area contributed by atoms with E-state index in [0.717, 1.165) is 0 Å². The van der Waals surface area contributed by atoms with Gasteiger partial charge in [-0.1, -0.05) is 11.9 Å². The predicted octanol–water partition coefficient (Wildman–Crippen LogP) is 1.28. The molecule has 0 amide bonds. The lowest BCUT2D eigenvalue weighted by atomic mass is 10.1. The van der Waals surface area contributed by atoms with Gasteiger partial charge in [0.1, 0.15) is 5.54 Å². The maximum Gasteiger partial charge on any atom is 0.246 e. The molecule has 0 aromatic heterocycles. The molecule has 0 aromatic rings. The zero-order valence-electron chi connectivity index (χ0n) is 4.85. The normalized spacial score (nSPS) is 33.1. The van der Waals surface area contributed by atoms with Gasteiger partial charge >= 0.3 is 0 Å². The van der Waals surface area contributed by atoms with Crippen molar-refractivity contribution in [3.05, 3.63) is 11.5 Å². The van der Waals surface area contributed by atoms with Crippen molar-refractivity contribution in [1.29, 1.82) is 0 Å². The summed E-state index contributed by atoms with van der Waals surface area (Å²) in [5.74, 6) is 0.